The van der Waals surface area contributed by atoms with Crippen LogP contribution in [0.3, 0.4) is 0 Å². The number of ether oxygens (including phenoxy) is 3. The Morgan fingerprint density at radius 2 is 1.81 bits per heavy atom. The zero-order valence-electron chi connectivity index (χ0n) is 15.7. The van der Waals surface area contributed by atoms with Crippen LogP contribution in [0.15, 0.2) is 30.3 Å². The van der Waals surface area contributed by atoms with E-state index in [9.17, 15) is 8.42 Å². The summed E-state index contributed by atoms with van der Waals surface area (Å²) in [5, 5.41) is -0.125. The van der Waals surface area contributed by atoms with Crippen molar-refractivity contribution < 1.29 is 22.6 Å². The molecule has 6 nitrogen and oxygen atoms in total. The summed E-state index contributed by atoms with van der Waals surface area (Å²) in [5.41, 5.74) is -0.223. The van der Waals surface area contributed by atoms with E-state index < -0.39 is 10.0 Å². The topological polar surface area (TPSA) is 65.1 Å². The number of nitrogens with zero attached hydrogens (tertiary/aromatic N) is 1. The van der Waals surface area contributed by atoms with Crippen LogP contribution in [0.4, 0.5) is 0 Å². The Bertz CT molecular complexity index is 711. The molecule has 1 atom stereocenters. The molecular formula is C20H29NO5S. The zero-order valence-corrected chi connectivity index (χ0v) is 16.5. The Labute approximate surface area is 161 Å². The van der Waals surface area contributed by atoms with Crippen molar-refractivity contribution in [3.8, 4) is 5.75 Å². The Kier molecular flexibility index (Phi) is 5.73. The third kappa shape index (κ3) is 4.65. The Morgan fingerprint density at radius 3 is 2.52 bits per heavy atom. The van der Waals surface area contributed by atoms with Gasteiger partial charge in [-0.1, -0.05) is 18.2 Å². The first-order valence-electron chi connectivity index (χ1n) is 10.00. The van der Waals surface area contributed by atoms with E-state index in [1.54, 1.807) is 4.31 Å². The van der Waals surface area contributed by atoms with Crippen molar-refractivity contribution in [2.75, 3.05) is 32.9 Å². The average Bonchev–Trinajstić information content (AvgIpc) is 3.53. The van der Waals surface area contributed by atoms with Crippen molar-refractivity contribution in [2.24, 2.45) is 0 Å². The fourth-order valence-corrected chi connectivity index (χ4v) is 5.93. The van der Waals surface area contributed by atoms with E-state index in [0.717, 1.165) is 44.3 Å². The van der Waals surface area contributed by atoms with Gasteiger partial charge < -0.3 is 14.2 Å². The average molecular weight is 396 g/mol. The predicted molar refractivity (Wildman–Crippen MR) is 102 cm³/mol. The molecule has 1 aromatic carbocycles. The molecule has 0 N–H and O–H groups in total. The van der Waals surface area contributed by atoms with Crippen LogP contribution in [0, 0.1) is 0 Å². The number of piperidine rings is 1. The van der Waals surface area contributed by atoms with Crippen LogP contribution in [-0.4, -0.2) is 62.6 Å². The number of para-hydroxylation sites is 1. The van der Waals surface area contributed by atoms with Gasteiger partial charge in [0.05, 0.1) is 23.6 Å². The molecule has 0 aromatic heterocycles. The van der Waals surface area contributed by atoms with E-state index in [0.29, 0.717) is 32.9 Å². The first kappa shape index (κ1) is 19.2. The van der Waals surface area contributed by atoms with Crippen molar-refractivity contribution >= 4 is 10.0 Å². The van der Waals surface area contributed by atoms with Crippen molar-refractivity contribution in [1.82, 2.24) is 4.31 Å². The minimum Gasteiger partial charge on any atom is -0.491 e. The highest BCUT2D eigenvalue weighted by molar-refractivity contribution is 7.90. The molecule has 2 saturated heterocycles. The largest absolute Gasteiger partial charge is 0.491 e. The van der Waals surface area contributed by atoms with Gasteiger partial charge >= 0.3 is 0 Å². The number of hydrogen-bond donors (Lipinski definition) is 0. The van der Waals surface area contributed by atoms with Gasteiger partial charge in [0.1, 0.15) is 12.4 Å². The summed E-state index contributed by atoms with van der Waals surface area (Å²) in [6.07, 6.45) is 5.05. The number of sulfonamides is 1. The van der Waals surface area contributed by atoms with Gasteiger partial charge in [-0.15, -0.1) is 0 Å². The SMILES string of the molecule is O=S(=O)(C1CC1)N1CCC2(CC1)CC(OCCOc1ccccc1)CCO2. The molecule has 0 bridgehead atoms. The lowest BCUT2D eigenvalue weighted by atomic mass is 9.84. The molecule has 0 amide bonds. The van der Waals surface area contributed by atoms with Gasteiger partial charge in [0.2, 0.25) is 10.0 Å². The number of rotatable bonds is 7. The molecule has 0 radical (unpaired) electrons. The Hall–Kier alpha value is -1.15. The van der Waals surface area contributed by atoms with E-state index >= 15 is 0 Å². The third-order valence-electron chi connectivity index (χ3n) is 5.84. The summed E-state index contributed by atoms with van der Waals surface area (Å²) in [7, 11) is -3.07. The van der Waals surface area contributed by atoms with Crippen LogP contribution in [0.25, 0.3) is 0 Å². The second-order valence-electron chi connectivity index (χ2n) is 7.82. The van der Waals surface area contributed by atoms with E-state index in [2.05, 4.69) is 0 Å². The molecule has 1 saturated carbocycles. The van der Waals surface area contributed by atoms with Gasteiger partial charge in [-0.2, -0.15) is 0 Å². The molecule has 27 heavy (non-hydrogen) atoms. The molecule has 2 aliphatic heterocycles. The standard InChI is InChI=1S/C20H29NO5S/c22-27(23,19-6-7-19)21-11-9-20(10-12-21)16-18(8-13-26-20)25-15-14-24-17-4-2-1-3-5-17/h1-5,18-19H,6-16H2. The lowest BCUT2D eigenvalue weighted by Gasteiger charge is -2.45. The maximum absolute atomic E-state index is 12.4. The second-order valence-corrected chi connectivity index (χ2v) is 10.0. The summed E-state index contributed by atoms with van der Waals surface area (Å²) in [6.45, 7) is 2.91. The minimum absolute atomic E-state index is 0.125. The van der Waals surface area contributed by atoms with Crippen molar-refractivity contribution in [3.63, 3.8) is 0 Å². The van der Waals surface area contributed by atoms with Crippen LogP contribution in [0.2, 0.25) is 0 Å². The summed E-state index contributed by atoms with van der Waals surface area (Å²) >= 11 is 0. The molecule has 150 valence electrons. The van der Waals surface area contributed by atoms with Gasteiger partial charge in [-0.25, -0.2) is 12.7 Å². The molecule has 2 heterocycles. The molecular weight excluding hydrogens is 366 g/mol. The van der Waals surface area contributed by atoms with Gasteiger partial charge in [0.15, 0.2) is 0 Å². The van der Waals surface area contributed by atoms with Crippen LogP contribution in [-0.2, 0) is 19.5 Å². The first-order valence-corrected chi connectivity index (χ1v) is 11.5. The summed E-state index contributed by atoms with van der Waals surface area (Å²) in [6, 6.07) is 9.74. The molecule has 1 aromatic rings. The van der Waals surface area contributed by atoms with Gasteiger partial charge in [0, 0.05) is 26.1 Å². The van der Waals surface area contributed by atoms with E-state index in [-0.39, 0.29) is 17.0 Å². The van der Waals surface area contributed by atoms with Crippen molar-refractivity contribution in [2.45, 2.75) is 55.5 Å². The molecule has 4 rings (SSSR count). The van der Waals surface area contributed by atoms with E-state index in [4.69, 9.17) is 14.2 Å². The third-order valence-corrected chi connectivity index (χ3v) is 8.23. The highest BCUT2D eigenvalue weighted by Crippen LogP contribution is 2.39. The maximum Gasteiger partial charge on any atom is 0.216 e. The van der Waals surface area contributed by atoms with Crippen LogP contribution >= 0.6 is 0 Å². The molecule has 3 aliphatic rings. The van der Waals surface area contributed by atoms with Crippen LogP contribution in [0.5, 0.6) is 5.75 Å². The highest BCUT2D eigenvalue weighted by atomic mass is 32.2. The summed E-state index contributed by atoms with van der Waals surface area (Å²) in [4.78, 5) is 0. The fourth-order valence-electron chi connectivity index (χ4n) is 4.09. The highest BCUT2D eigenvalue weighted by Gasteiger charge is 2.46. The smallest absolute Gasteiger partial charge is 0.216 e. The van der Waals surface area contributed by atoms with Crippen molar-refractivity contribution in [3.05, 3.63) is 30.3 Å². The summed E-state index contributed by atoms with van der Waals surface area (Å²) in [5.74, 6) is 0.855. The predicted octanol–water partition coefficient (Wildman–Crippen LogP) is 2.59. The van der Waals surface area contributed by atoms with Gasteiger partial charge in [0.25, 0.3) is 0 Å². The number of benzene rings is 1. The second kappa shape index (κ2) is 8.07. The lowest BCUT2D eigenvalue weighted by molar-refractivity contribution is -0.151. The molecule has 3 fully saturated rings. The monoisotopic (exact) mass is 395 g/mol. The fraction of sp³-hybridized carbons (Fsp3) is 0.700. The number of hydrogen-bond acceptors (Lipinski definition) is 5. The van der Waals surface area contributed by atoms with Gasteiger partial charge in [-0.3, -0.25) is 0 Å². The van der Waals surface area contributed by atoms with E-state index in [1.165, 1.54) is 0 Å². The van der Waals surface area contributed by atoms with Crippen molar-refractivity contribution in [1.29, 1.82) is 0 Å². The van der Waals surface area contributed by atoms with Gasteiger partial charge in [-0.05, 0) is 44.2 Å². The quantitative estimate of drug-likeness (QED) is 0.664. The minimum atomic E-state index is -3.07. The molecule has 1 unspecified atom stereocenters. The van der Waals surface area contributed by atoms with Crippen LogP contribution in [0.1, 0.15) is 38.5 Å². The normalized spacial score (nSPS) is 26.1. The summed E-state index contributed by atoms with van der Waals surface area (Å²) < 4.78 is 44.4. The lowest BCUT2D eigenvalue weighted by Crippen LogP contribution is -2.52. The Balaban J connectivity index is 1.22. The van der Waals surface area contributed by atoms with Crippen LogP contribution < -0.4 is 4.74 Å². The maximum atomic E-state index is 12.4. The molecule has 1 aliphatic carbocycles. The zero-order chi connectivity index (χ0) is 18.7. The van der Waals surface area contributed by atoms with E-state index in [1.807, 2.05) is 30.3 Å². The first-order chi connectivity index (χ1) is 13.1. The Morgan fingerprint density at radius 1 is 1.07 bits per heavy atom. The molecule has 7 heteroatoms. The molecule has 1 spiro atoms.